The number of ether oxygens (including phenoxy) is 1. The van der Waals surface area contributed by atoms with E-state index >= 15 is 0 Å². The second kappa shape index (κ2) is 10.5. The molecule has 2 N–H and O–H groups in total. The highest BCUT2D eigenvalue weighted by Crippen LogP contribution is 2.25. The fourth-order valence-electron chi connectivity index (χ4n) is 3.58. The van der Waals surface area contributed by atoms with Crippen LogP contribution in [0.25, 0.3) is 0 Å². The molecule has 154 valence electrons. The molecule has 0 bridgehead atoms. The number of carbonyl (C=O) groups is 1. The summed E-state index contributed by atoms with van der Waals surface area (Å²) in [4.78, 5) is 18.3. The van der Waals surface area contributed by atoms with Crippen LogP contribution >= 0.6 is 0 Å². The van der Waals surface area contributed by atoms with E-state index in [1.54, 1.807) is 7.05 Å². The maximum absolute atomic E-state index is 11.6. The lowest BCUT2D eigenvalue weighted by Gasteiger charge is -2.34. The number of benzene rings is 2. The Kier molecular flexibility index (Phi) is 7.50. The van der Waals surface area contributed by atoms with Crippen LogP contribution in [0.4, 0.5) is 0 Å². The second-order valence-corrected chi connectivity index (χ2v) is 7.23. The first-order valence-corrected chi connectivity index (χ1v) is 10.2. The molecule has 6 heteroatoms. The number of aliphatic imine (C=N–C) groups is 1. The van der Waals surface area contributed by atoms with Gasteiger partial charge < -0.3 is 20.3 Å². The Hall–Kier alpha value is -3.02. The lowest BCUT2D eigenvalue weighted by atomic mass is 9.93. The molecular weight excluding hydrogens is 364 g/mol. The third-order valence-corrected chi connectivity index (χ3v) is 5.26. The minimum atomic E-state index is 0.126. The summed E-state index contributed by atoms with van der Waals surface area (Å²) >= 11 is 0. The molecular formula is C23H30N4O2. The molecule has 1 aliphatic rings. The number of hydrogen-bond acceptors (Lipinski definition) is 3. The van der Waals surface area contributed by atoms with Crippen molar-refractivity contribution < 1.29 is 9.53 Å². The highest BCUT2D eigenvalue weighted by Gasteiger charge is 2.23. The Morgan fingerprint density at radius 1 is 1.10 bits per heavy atom. The number of para-hydroxylation sites is 2. The van der Waals surface area contributed by atoms with Crippen molar-refractivity contribution in [2.45, 2.75) is 25.8 Å². The third kappa shape index (κ3) is 5.98. The van der Waals surface area contributed by atoms with Crippen LogP contribution in [0.1, 0.15) is 24.8 Å². The number of rotatable bonds is 6. The molecule has 0 radical (unpaired) electrons. The molecule has 29 heavy (non-hydrogen) atoms. The first-order valence-electron chi connectivity index (χ1n) is 10.2. The molecule has 1 aliphatic heterocycles. The van der Waals surface area contributed by atoms with Gasteiger partial charge in [0, 0.05) is 45.7 Å². The number of piperidine rings is 1. The van der Waals surface area contributed by atoms with Crippen LogP contribution in [0.15, 0.2) is 59.6 Å². The van der Waals surface area contributed by atoms with Gasteiger partial charge in [-0.2, -0.15) is 0 Å². The molecule has 1 heterocycles. The largest absolute Gasteiger partial charge is 0.457 e. The van der Waals surface area contributed by atoms with Crippen LogP contribution in [0.3, 0.4) is 0 Å². The molecule has 3 rings (SSSR count). The normalized spacial score (nSPS) is 15.1. The third-order valence-electron chi connectivity index (χ3n) is 5.26. The van der Waals surface area contributed by atoms with Gasteiger partial charge in [0.15, 0.2) is 5.96 Å². The van der Waals surface area contributed by atoms with Crippen LogP contribution < -0.4 is 15.4 Å². The van der Waals surface area contributed by atoms with Gasteiger partial charge in [0.25, 0.3) is 0 Å². The Morgan fingerprint density at radius 2 is 1.79 bits per heavy atom. The van der Waals surface area contributed by atoms with E-state index in [0.717, 1.165) is 49.0 Å². The number of hydrogen-bond donors (Lipinski definition) is 2. The average molecular weight is 395 g/mol. The summed E-state index contributed by atoms with van der Waals surface area (Å²) in [6, 6.07) is 17.8. The fourth-order valence-corrected chi connectivity index (χ4v) is 3.58. The van der Waals surface area contributed by atoms with E-state index in [1.807, 2.05) is 55.6 Å². The van der Waals surface area contributed by atoms with Gasteiger partial charge in [0.2, 0.25) is 5.91 Å². The van der Waals surface area contributed by atoms with Crippen LogP contribution in [0.5, 0.6) is 11.5 Å². The minimum absolute atomic E-state index is 0.126. The first-order chi connectivity index (χ1) is 14.2. The van der Waals surface area contributed by atoms with Gasteiger partial charge >= 0.3 is 0 Å². The number of amides is 1. The number of nitrogens with one attached hydrogen (secondary N) is 2. The first kappa shape index (κ1) is 20.7. The highest BCUT2D eigenvalue weighted by atomic mass is 16.5. The molecule has 2 aromatic rings. The molecule has 0 saturated carbocycles. The molecule has 0 unspecified atom stereocenters. The van der Waals surface area contributed by atoms with Crippen molar-refractivity contribution in [3.8, 4) is 11.5 Å². The van der Waals surface area contributed by atoms with Gasteiger partial charge in [-0.25, -0.2) is 0 Å². The predicted octanol–water partition coefficient (Wildman–Crippen LogP) is 3.40. The SMILES string of the molecule is CN=C(NCc1ccccc1Oc1ccccc1)N1CCC(CC(=O)NC)CC1. The monoisotopic (exact) mass is 394 g/mol. The molecule has 1 amide bonds. The maximum atomic E-state index is 11.6. The summed E-state index contributed by atoms with van der Waals surface area (Å²) in [5.74, 6) is 3.12. The average Bonchev–Trinajstić information content (AvgIpc) is 2.77. The topological polar surface area (TPSA) is 66.0 Å². The van der Waals surface area contributed by atoms with Gasteiger partial charge in [-0.1, -0.05) is 36.4 Å². The standard InChI is InChI=1S/C23H30N4O2/c1-24-22(28)16-18-12-14-27(15-13-18)23(25-2)26-17-19-8-6-7-11-21(19)29-20-9-4-3-5-10-20/h3-11,18H,12-17H2,1-2H3,(H,24,28)(H,25,26). The quantitative estimate of drug-likeness (QED) is 0.582. The van der Waals surface area contributed by atoms with Crippen molar-refractivity contribution in [2.24, 2.45) is 10.9 Å². The Balaban J connectivity index is 1.56. The summed E-state index contributed by atoms with van der Waals surface area (Å²) in [7, 11) is 3.51. The van der Waals surface area contributed by atoms with E-state index in [-0.39, 0.29) is 5.91 Å². The zero-order valence-electron chi connectivity index (χ0n) is 17.2. The lowest BCUT2D eigenvalue weighted by Crippen LogP contribution is -2.45. The van der Waals surface area contributed by atoms with E-state index in [2.05, 4.69) is 26.6 Å². The summed E-state index contributed by atoms with van der Waals surface area (Å²) in [6.45, 7) is 2.45. The van der Waals surface area contributed by atoms with Crippen molar-refractivity contribution in [2.75, 3.05) is 27.2 Å². The predicted molar refractivity (Wildman–Crippen MR) is 116 cm³/mol. The zero-order valence-corrected chi connectivity index (χ0v) is 17.2. The van der Waals surface area contributed by atoms with Crippen molar-refractivity contribution >= 4 is 11.9 Å². The minimum Gasteiger partial charge on any atom is -0.457 e. The zero-order chi connectivity index (χ0) is 20.5. The summed E-state index contributed by atoms with van der Waals surface area (Å²) < 4.78 is 6.05. The van der Waals surface area contributed by atoms with Gasteiger partial charge in [0.05, 0.1) is 0 Å². The van der Waals surface area contributed by atoms with E-state index < -0.39 is 0 Å². The van der Waals surface area contributed by atoms with Crippen molar-refractivity contribution in [3.05, 3.63) is 60.2 Å². The Labute approximate surface area is 173 Å². The number of carbonyl (C=O) groups excluding carboxylic acids is 1. The molecule has 2 aromatic carbocycles. The molecule has 1 fully saturated rings. The van der Waals surface area contributed by atoms with E-state index in [1.165, 1.54) is 0 Å². The van der Waals surface area contributed by atoms with Gasteiger partial charge in [0.1, 0.15) is 11.5 Å². The Morgan fingerprint density at radius 3 is 2.48 bits per heavy atom. The molecule has 0 spiro atoms. The smallest absolute Gasteiger partial charge is 0.220 e. The highest BCUT2D eigenvalue weighted by molar-refractivity contribution is 5.80. The van der Waals surface area contributed by atoms with Gasteiger partial charge in [-0.15, -0.1) is 0 Å². The van der Waals surface area contributed by atoms with Crippen LogP contribution in [-0.4, -0.2) is 44.0 Å². The molecule has 6 nitrogen and oxygen atoms in total. The lowest BCUT2D eigenvalue weighted by molar-refractivity contribution is -0.121. The number of guanidine groups is 1. The van der Waals surface area contributed by atoms with Crippen molar-refractivity contribution in [1.29, 1.82) is 0 Å². The Bertz CT molecular complexity index is 815. The van der Waals surface area contributed by atoms with Crippen LogP contribution in [0, 0.1) is 5.92 Å². The molecule has 0 atom stereocenters. The van der Waals surface area contributed by atoms with Crippen molar-refractivity contribution in [1.82, 2.24) is 15.5 Å². The van der Waals surface area contributed by atoms with E-state index in [9.17, 15) is 4.79 Å². The molecule has 0 aliphatic carbocycles. The van der Waals surface area contributed by atoms with Crippen LogP contribution in [-0.2, 0) is 11.3 Å². The van der Waals surface area contributed by atoms with E-state index in [0.29, 0.717) is 18.9 Å². The number of nitrogens with zero attached hydrogens (tertiary/aromatic N) is 2. The van der Waals surface area contributed by atoms with Gasteiger partial charge in [-0.05, 0) is 37.0 Å². The molecule has 0 aromatic heterocycles. The van der Waals surface area contributed by atoms with Gasteiger partial charge in [-0.3, -0.25) is 9.79 Å². The van der Waals surface area contributed by atoms with Crippen LogP contribution in [0.2, 0.25) is 0 Å². The summed E-state index contributed by atoms with van der Waals surface area (Å²) in [6.07, 6.45) is 2.62. The van der Waals surface area contributed by atoms with E-state index in [4.69, 9.17) is 4.74 Å². The fraction of sp³-hybridized carbons (Fsp3) is 0.391. The summed E-state index contributed by atoms with van der Waals surface area (Å²) in [5.41, 5.74) is 1.08. The second-order valence-electron chi connectivity index (χ2n) is 7.23. The number of likely N-dealkylation sites (tertiary alicyclic amines) is 1. The summed E-state index contributed by atoms with van der Waals surface area (Å²) in [5, 5.41) is 6.18. The molecule has 1 saturated heterocycles. The maximum Gasteiger partial charge on any atom is 0.220 e. The van der Waals surface area contributed by atoms with Crippen molar-refractivity contribution in [3.63, 3.8) is 0 Å².